The maximum Gasteiger partial charge on any atom is 0.173 e. The fraction of sp³-hybridized carbons (Fsp3) is 0.720. The van der Waals surface area contributed by atoms with Crippen molar-refractivity contribution in [2.45, 2.75) is 84.3 Å². The molecule has 0 aliphatic heterocycles. The van der Waals surface area contributed by atoms with E-state index in [-0.39, 0.29) is 0 Å². The zero-order chi connectivity index (χ0) is 20.5. The number of ether oxygens (including phenoxy) is 1. The van der Waals surface area contributed by atoms with E-state index < -0.39 is 0 Å². The molecule has 4 heteroatoms. The van der Waals surface area contributed by atoms with E-state index >= 15 is 0 Å². The summed E-state index contributed by atoms with van der Waals surface area (Å²) in [6, 6.07) is 10.9. The van der Waals surface area contributed by atoms with Crippen LogP contribution in [-0.4, -0.2) is 35.3 Å². The molecular formula is C25H38N2OS. The highest BCUT2D eigenvalue weighted by atomic mass is 32.1. The number of fused-ring (bicyclic) bond motifs is 2. The maximum atomic E-state index is 6.57. The van der Waals surface area contributed by atoms with E-state index in [9.17, 15) is 0 Å². The van der Waals surface area contributed by atoms with E-state index in [1.54, 1.807) is 0 Å². The molecule has 0 amide bonds. The van der Waals surface area contributed by atoms with Crippen LogP contribution in [0.1, 0.15) is 72.1 Å². The van der Waals surface area contributed by atoms with Crippen molar-refractivity contribution < 1.29 is 4.74 Å². The van der Waals surface area contributed by atoms with Crippen LogP contribution in [0, 0.1) is 16.7 Å². The van der Waals surface area contributed by atoms with Crippen LogP contribution in [0.5, 0.6) is 0 Å². The van der Waals surface area contributed by atoms with Gasteiger partial charge >= 0.3 is 0 Å². The van der Waals surface area contributed by atoms with Gasteiger partial charge in [-0.25, -0.2) is 0 Å². The molecule has 3 saturated carbocycles. The summed E-state index contributed by atoms with van der Waals surface area (Å²) in [5, 5.41) is 4.32. The first kappa shape index (κ1) is 21.1. The average Bonchev–Trinajstić information content (AvgIpc) is 3.06. The molecule has 3 aliphatic rings. The van der Waals surface area contributed by atoms with Gasteiger partial charge in [0.05, 0.1) is 12.7 Å². The molecule has 29 heavy (non-hydrogen) atoms. The van der Waals surface area contributed by atoms with E-state index in [1.807, 2.05) is 6.07 Å². The van der Waals surface area contributed by atoms with Gasteiger partial charge in [-0.15, -0.1) is 0 Å². The second kappa shape index (κ2) is 8.55. The summed E-state index contributed by atoms with van der Waals surface area (Å²) in [6.45, 7) is 9.05. The van der Waals surface area contributed by atoms with Gasteiger partial charge in [0, 0.05) is 18.3 Å². The highest BCUT2D eigenvalue weighted by Crippen LogP contribution is 2.66. The molecule has 1 aromatic carbocycles. The molecule has 3 atom stereocenters. The number of hydrogen-bond acceptors (Lipinski definition) is 2. The molecule has 3 fully saturated rings. The van der Waals surface area contributed by atoms with E-state index in [4.69, 9.17) is 17.0 Å². The van der Waals surface area contributed by atoms with E-state index in [1.165, 1.54) is 51.4 Å². The smallest absolute Gasteiger partial charge is 0.173 e. The fourth-order valence-corrected chi connectivity index (χ4v) is 6.59. The van der Waals surface area contributed by atoms with Crippen molar-refractivity contribution in [3.05, 3.63) is 30.3 Å². The quantitative estimate of drug-likeness (QED) is 0.556. The van der Waals surface area contributed by atoms with Crippen LogP contribution in [-0.2, 0) is 4.74 Å². The third kappa shape index (κ3) is 4.07. The van der Waals surface area contributed by atoms with Gasteiger partial charge in [-0.3, -0.25) is 0 Å². The Bertz CT molecular complexity index is 700. The van der Waals surface area contributed by atoms with Gasteiger partial charge in [-0.05, 0) is 73.2 Å². The lowest BCUT2D eigenvalue weighted by atomic mass is 9.70. The molecule has 0 heterocycles. The Kier molecular flexibility index (Phi) is 6.22. The molecular weight excluding hydrogens is 376 g/mol. The summed E-state index contributed by atoms with van der Waals surface area (Å²) in [5.41, 5.74) is 1.81. The first-order valence-corrected chi connectivity index (χ1v) is 12.1. The number of anilines is 1. The molecule has 0 unspecified atom stereocenters. The van der Waals surface area contributed by atoms with Crippen molar-refractivity contribution >= 4 is 23.0 Å². The minimum absolute atomic E-state index is 0.329. The highest BCUT2D eigenvalue weighted by molar-refractivity contribution is 7.80. The van der Waals surface area contributed by atoms with Crippen molar-refractivity contribution in [3.63, 3.8) is 0 Å². The Hall–Kier alpha value is -1.13. The minimum atomic E-state index is 0.329. The summed E-state index contributed by atoms with van der Waals surface area (Å²) in [4.78, 5) is 2.42. The zero-order valence-corrected chi connectivity index (χ0v) is 19.3. The molecule has 0 radical (unpaired) electrons. The van der Waals surface area contributed by atoms with Crippen molar-refractivity contribution in [1.29, 1.82) is 0 Å². The lowest BCUT2D eigenvalue weighted by molar-refractivity contribution is -0.0505. The minimum Gasteiger partial charge on any atom is -0.376 e. The normalized spacial score (nSPS) is 31.0. The number of rotatable bonds is 6. The van der Waals surface area contributed by atoms with Gasteiger partial charge in [0.1, 0.15) is 0 Å². The van der Waals surface area contributed by atoms with Crippen molar-refractivity contribution in [1.82, 2.24) is 4.90 Å². The van der Waals surface area contributed by atoms with E-state index in [0.717, 1.165) is 29.9 Å². The van der Waals surface area contributed by atoms with Crippen LogP contribution >= 0.6 is 12.2 Å². The Labute approximate surface area is 182 Å². The predicted octanol–water partition coefficient (Wildman–Crippen LogP) is 6.25. The average molecular weight is 415 g/mol. The van der Waals surface area contributed by atoms with Crippen LogP contribution < -0.4 is 5.32 Å². The van der Waals surface area contributed by atoms with Crippen molar-refractivity contribution in [3.8, 4) is 0 Å². The monoisotopic (exact) mass is 414 g/mol. The molecule has 160 valence electrons. The third-order valence-electron chi connectivity index (χ3n) is 8.67. The Morgan fingerprint density at radius 3 is 2.45 bits per heavy atom. The summed E-state index contributed by atoms with van der Waals surface area (Å²) < 4.78 is 6.57. The number of nitrogens with one attached hydrogen (secondary N) is 1. The maximum absolute atomic E-state index is 6.57. The fourth-order valence-electron chi connectivity index (χ4n) is 6.24. The van der Waals surface area contributed by atoms with Gasteiger partial charge in [-0.1, -0.05) is 58.2 Å². The lowest BCUT2D eigenvalue weighted by Gasteiger charge is -2.40. The first-order valence-electron chi connectivity index (χ1n) is 11.7. The summed E-state index contributed by atoms with van der Waals surface area (Å²) in [7, 11) is 0. The molecule has 2 bridgehead atoms. The lowest BCUT2D eigenvalue weighted by Crippen LogP contribution is -2.46. The Balaban J connectivity index is 1.37. The highest BCUT2D eigenvalue weighted by Gasteiger charge is 2.61. The number of nitrogens with zero attached hydrogens (tertiary/aromatic N) is 1. The van der Waals surface area contributed by atoms with Gasteiger partial charge in [0.15, 0.2) is 5.11 Å². The van der Waals surface area contributed by atoms with Crippen molar-refractivity contribution in [2.75, 3.05) is 18.5 Å². The van der Waals surface area contributed by atoms with E-state index in [0.29, 0.717) is 23.0 Å². The molecule has 0 aromatic heterocycles. The Morgan fingerprint density at radius 1 is 1.10 bits per heavy atom. The number of para-hydroxylation sites is 1. The molecule has 3 aliphatic carbocycles. The van der Waals surface area contributed by atoms with Gasteiger partial charge in [0.25, 0.3) is 0 Å². The van der Waals surface area contributed by atoms with Crippen molar-refractivity contribution in [2.24, 2.45) is 16.7 Å². The Morgan fingerprint density at radius 2 is 1.83 bits per heavy atom. The van der Waals surface area contributed by atoms with Crippen LogP contribution in [0.3, 0.4) is 0 Å². The standard InChI is InChI=1S/C25H38N2OS/c1-24(2)19-14-15-25(24,3)22(18-19)28-17-16-27(21-12-8-5-9-13-21)23(29)26-20-10-6-4-7-11-20/h4,6-7,10-11,19,21-22H,5,8-9,12-18H2,1-3H3,(H,26,29)/t19-,22+,25+/m1/s1. The molecule has 0 saturated heterocycles. The largest absolute Gasteiger partial charge is 0.376 e. The molecule has 3 nitrogen and oxygen atoms in total. The second-order valence-corrected chi connectivity index (χ2v) is 10.6. The van der Waals surface area contributed by atoms with E-state index in [2.05, 4.69) is 55.3 Å². The summed E-state index contributed by atoms with van der Waals surface area (Å²) in [6.07, 6.45) is 10.8. The zero-order valence-electron chi connectivity index (χ0n) is 18.5. The third-order valence-corrected chi connectivity index (χ3v) is 9.00. The van der Waals surface area contributed by atoms with Gasteiger partial charge < -0.3 is 15.0 Å². The predicted molar refractivity (Wildman–Crippen MR) is 125 cm³/mol. The molecule has 1 N–H and O–H groups in total. The molecule has 0 spiro atoms. The second-order valence-electron chi connectivity index (χ2n) is 10.3. The SMILES string of the molecule is CC1(C)[C@@H]2CC[C@@]1(C)[C@@H](OCCN(C(=S)Nc1ccccc1)C1CCCCC1)C2. The van der Waals surface area contributed by atoms with Gasteiger partial charge in [0.2, 0.25) is 0 Å². The number of thiocarbonyl (C=S) groups is 1. The van der Waals surface area contributed by atoms with Crippen LogP contribution in [0.25, 0.3) is 0 Å². The molecule has 4 rings (SSSR count). The molecule has 1 aromatic rings. The van der Waals surface area contributed by atoms with Crippen LogP contribution in [0.2, 0.25) is 0 Å². The van der Waals surface area contributed by atoms with Crippen LogP contribution in [0.4, 0.5) is 5.69 Å². The topological polar surface area (TPSA) is 24.5 Å². The first-order chi connectivity index (χ1) is 13.9. The van der Waals surface area contributed by atoms with Gasteiger partial charge in [-0.2, -0.15) is 0 Å². The number of benzene rings is 1. The summed E-state index contributed by atoms with van der Waals surface area (Å²) in [5.74, 6) is 0.827. The van der Waals surface area contributed by atoms with Crippen LogP contribution in [0.15, 0.2) is 30.3 Å². The number of hydrogen-bond donors (Lipinski definition) is 1. The summed E-state index contributed by atoms with van der Waals surface area (Å²) >= 11 is 5.86.